The molecule has 0 aliphatic rings. The van der Waals surface area contributed by atoms with Gasteiger partial charge in [0.1, 0.15) is 11.6 Å². The van der Waals surface area contributed by atoms with Crippen molar-refractivity contribution in [1.82, 2.24) is 0 Å². The molecule has 15 heavy (non-hydrogen) atoms. The van der Waals surface area contributed by atoms with Crippen LogP contribution in [-0.2, 0) is 0 Å². The molecule has 1 radical (unpaired) electrons. The van der Waals surface area contributed by atoms with Crippen LogP contribution in [0.4, 0.5) is 4.39 Å². The van der Waals surface area contributed by atoms with Gasteiger partial charge in [-0.15, -0.1) is 0 Å². The van der Waals surface area contributed by atoms with E-state index in [1.165, 1.54) is 25.0 Å². The van der Waals surface area contributed by atoms with Crippen molar-refractivity contribution in [3.63, 3.8) is 0 Å². The Bertz CT molecular complexity index is 278. The second-order valence-electron chi connectivity index (χ2n) is 3.32. The molecule has 0 saturated heterocycles. The molecule has 0 amide bonds. The van der Waals surface area contributed by atoms with Gasteiger partial charge in [-0.3, -0.25) is 0 Å². The first-order chi connectivity index (χ1) is 7.33. The molecule has 1 aromatic rings. The number of hydrogen-bond acceptors (Lipinski definition) is 1. The summed E-state index contributed by atoms with van der Waals surface area (Å²) >= 11 is 3.39. The first-order valence-electron chi connectivity index (χ1n) is 5.19. The quantitative estimate of drug-likeness (QED) is 0.540. The number of alkyl halides is 1. The van der Waals surface area contributed by atoms with Crippen molar-refractivity contribution < 1.29 is 9.13 Å². The van der Waals surface area contributed by atoms with Crippen LogP contribution in [0.15, 0.2) is 18.2 Å². The number of halogens is 2. The molecule has 0 saturated carbocycles. The van der Waals surface area contributed by atoms with Gasteiger partial charge < -0.3 is 4.74 Å². The predicted molar refractivity (Wildman–Crippen MR) is 63.0 cm³/mol. The van der Waals surface area contributed by atoms with Crippen LogP contribution >= 0.6 is 15.9 Å². The summed E-state index contributed by atoms with van der Waals surface area (Å²) in [6, 6.07) is 7.06. The van der Waals surface area contributed by atoms with Crippen LogP contribution in [0.2, 0.25) is 0 Å². The van der Waals surface area contributed by atoms with Crippen LogP contribution in [0.25, 0.3) is 0 Å². The zero-order valence-electron chi connectivity index (χ0n) is 8.64. The highest BCUT2D eigenvalue weighted by Crippen LogP contribution is 2.12. The third-order valence-electron chi connectivity index (χ3n) is 2.03. The van der Waals surface area contributed by atoms with Gasteiger partial charge in [-0.25, -0.2) is 4.39 Å². The summed E-state index contributed by atoms with van der Waals surface area (Å²) in [5.41, 5.74) is 0. The summed E-state index contributed by atoms with van der Waals surface area (Å²) in [6.45, 7) is 0.658. The molecule has 3 heteroatoms. The van der Waals surface area contributed by atoms with Gasteiger partial charge in [-0.2, -0.15) is 0 Å². The highest BCUT2D eigenvalue weighted by atomic mass is 79.9. The second kappa shape index (κ2) is 7.69. The summed E-state index contributed by atoms with van der Waals surface area (Å²) < 4.78 is 18.1. The Morgan fingerprint density at radius 1 is 1.27 bits per heavy atom. The lowest BCUT2D eigenvalue weighted by atomic mass is 10.2. The van der Waals surface area contributed by atoms with Gasteiger partial charge in [0, 0.05) is 17.5 Å². The largest absolute Gasteiger partial charge is 0.493 e. The Morgan fingerprint density at radius 3 is 2.80 bits per heavy atom. The third kappa shape index (κ3) is 5.78. The van der Waals surface area contributed by atoms with Crippen molar-refractivity contribution in [2.24, 2.45) is 0 Å². The fraction of sp³-hybridized carbons (Fsp3) is 0.500. The summed E-state index contributed by atoms with van der Waals surface area (Å²) in [7, 11) is 0. The minimum atomic E-state index is -0.369. The molecule has 0 aliphatic heterocycles. The van der Waals surface area contributed by atoms with Crippen LogP contribution in [0.1, 0.15) is 25.7 Å². The van der Waals surface area contributed by atoms with Crippen LogP contribution in [0.3, 0.4) is 0 Å². The van der Waals surface area contributed by atoms with E-state index in [4.69, 9.17) is 4.74 Å². The fourth-order valence-electron chi connectivity index (χ4n) is 1.25. The standard InChI is InChI=1S/C12H15BrFO/c13-8-3-1-2-4-9-15-12-7-5-6-11(14)10-12/h5,7,10H,1-4,8-9H2. The number of rotatable bonds is 7. The van der Waals surface area contributed by atoms with E-state index in [-0.39, 0.29) is 5.82 Å². The maximum absolute atomic E-state index is 12.7. The van der Waals surface area contributed by atoms with E-state index in [1.54, 1.807) is 6.07 Å². The van der Waals surface area contributed by atoms with Crippen molar-refractivity contribution in [3.8, 4) is 5.75 Å². The minimum Gasteiger partial charge on any atom is -0.493 e. The Balaban J connectivity index is 2.10. The molecule has 0 unspecified atom stereocenters. The van der Waals surface area contributed by atoms with Crippen molar-refractivity contribution in [3.05, 3.63) is 30.1 Å². The predicted octanol–water partition coefficient (Wildman–Crippen LogP) is 3.96. The lowest BCUT2D eigenvalue weighted by Gasteiger charge is -2.05. The number of unbranched alkanes of at least 4 members (excludes halogenated alkanes) is 3. The lowest BCUT2D eigenvalue weighted by molar-refractivity contribution is 0.303. The first kappa shape index (κ1) is 12.5. The molecule has 0 atom stereocenters. The minimum absolute atomic E-state index is 0.369. The maximum atomic E-state index is 12.7. The van der Waals surface area contributed by atoms with Crippen molar-refractivity contribution in [2.75, 3.05) is 11.9 Å². The second-order valence-corrected chi connectivity index (χ2v) is 4.12. The molecule has 0 N–H and O–H groups in total. The van der Waals surface area contributed by atoms with E-state index in [0.717, 1.165) is 18.2 Å². The average molecular weight is 274 g/mol. The zero-order chi connectivity index (χ0) is 10.9. The molecule has 0 bridgehead atoms. The van der Waals surface area contributed by atoms with Gasteiger partial charge in [0.05, 0.1) is 6.61 Å². The van der Waals surface area contributed by atoms with Gasteiger partial charge in [0.2, 0.25) is 0 Å². The monoisotopic (exact) mass is 273 g/mol. The Morgan fingerprint density at radius 2 is 2.07 bits per heavy atom. The Kier molecular flexibility index (Phi) is 6.41. The Labute approximate surface area is 98.8 Å². The summed E-state index contributed by atoms with van der Waals surface area (Å²) in [5.74, 6) is 0.221. The number of ether oxygens (including phenoxy) is 1. The molecule has 1 nitrogen and oxygen atoms in total. The molecular weight excluding hydrogens is 259 g/mol. The maximum Gasteiger partial charge on any atom is 0.134 e. The molecule has 83 valence electrons. The molecule has 0 fully saturated rings. The van der Waals surface area contributed by atoms with Crippen LogP contribution in [0.5, 0.6) is 5.75 Å². The van der Waals surface area contributed by atoms with E-state index in [0.29, 0.717) is 12.4 Å². The van der Waals surface area contributed by atoms with E-state index < -0.39 is 0 Å². The van der Waals surface area contributed by atoms with E-state index >= 15 is 0 Å². The van der Waals surface area contributed by atoms with E-state index in [1.807, 2.05) is 0 Å². The SMILES string of the molecule is Fc1[c]ccc(OCCCCCCBr)c1. The van der Waals surface area contributed by atoms with Crippen molar-refractivity contribution >= 4 is 15.9 Å². The van der Waals surface area contributed by atoms with Gasteiger partial charge in [-0.05, 0) is 25.0 Å². The summed E-state index contributed by atoms with van der Waals surface area (Å²) in [6.07, 6.45) is 4.60. The average Bonchev–Trinajstić information content (AvgIpc) is 2.23. The van der Waals surface area contributed by atoms with Gasteiger partial charge in [0.15, 0.2) is 0 Å². The van der Waals surface area contributed by atoms with Gasteiger partial charge in [-0.1, -0.05) is 28.8 Å². The van der Waals surface area contributed by atoms with Crippen LogP contribution < -0.4 is 4.74 Å². The summed E-state index contributed by atoms with van der Waals surface area (Å²) in [5, 5.41) is 1.06. The lowest BCUT2D eigenvalue weighted by Crippen LogP contribution is -1.97. The van der Waals surface area contributed by atoms with Gasteiger partial charge in [0.25, 0.3) is 0 Å². The highest BCUT2D eigenvalue weighted by Gasteiger charge is 1.96. The molecule has 1 rings (SSSR count). The zero-order valence-corrected chi connectivity index (χ0v) is 10.2. The molecule has 0 spiro atoms. The van der Waals surface area contributed by atoms with Crippen LogP contribution in [-0.4, -0.2) is 11.9 Å². The number of hydrogen-bond donors (Lipinski definition) is 0. The Hall–Kier alpha value is -0.570. The molecule has 0 aliphatic carbocycles. The molecule has 0 heterocycles. The normalized spacial score (nSPS) is 10.3. The van der Waals surface area contributed by atoms with Gasteiger partial charge >= 0.3 is 0 Å². The first-order valence-corrected chi connectivity index (χ1v) is 6.31. The van der Waals surface area contributed by atoms with Crippen molar-refractivity contribution in [1.29, 1.82) is 0 Å². The highest BCUT2D eigenvalue weighted by molar-refractivity contribution is 9.09. The smallest absolute Gasteiger partial charge is 0.134 e. The fourth-order valence-corrected chi connectivity index (χ4v) is 1.64. The number of benzene rings is 1. The molecule has 0 aromatic heterocycles. The van der Waals surface area contributed by atoms with Crippen molar-refractivity contribution in [2.45, 2.75) is 25.7 Å². The van der Waals surface area contributed by atoms with E-state index in [9.17, 15) is 4.39 Å². The van der Waals surface area contributed by atoms with E-state index in [2.05, 4.69) is 22.0 Å². The summed E-state index contributed by atoms with van der Waals surface area (Å²) in [4.78, 5) is 0. The molecule has 1 aromatic carbocycles. The third-order valence-corrected chi connectivity index (χ3v) is 2.60. The van der Waals surface area contributed by atoms with Crippen LogP contribution in [0, 0.1) is 11.9 Å². The molecular formula is C12H15BrFO. The topological polar surface area (TPSA) is 9.23 Å².